The molecule has 1 aliphatic heterocycles. The summed E-state index contributed by atoms with van der Waals surface area (Å²) in [6, 6.07) is 3.70. The van der Waals surface area contributed by atoms with Gasteiger partial charge in [0.15, 0.2) is 5.69 Å². The van der Waals surface area contributed by atoms with Crippen molar-refractivity contribution in [3.05, 3.63) is 65.0 Å². The molecule has 1 amide bonds. The largest absolute Gasteiger partial charge is 0.378 e. The molecule has 6 nitrogen and oxygen atoms in total. The van der Waals surface area contributed by atoms with E-state index in [0.717, 1.165) is 30.2 Å². The number of benzene rings is 1. The summed E-state index contributed by atoms with van der Waals surface area (Å²) in [4.78, 5) is 14.9. The summed E-state index contributed by atoms with van der Waals surface area (Å²) in [7, 11) is 0. The van der Waals surface area contributed by atoms with Crippen LogP contribution in [0.1, 0.15) is 33.7 Å². The van der Waals surface area contributed by atoms with E-state index in [-0.39, 0.29) is 11.9 Å². The lowest BCUT2D eigenvalue weighted by Crippen LogP contribution is -2.41. The van der Waals surface area contributed by atoms with Crippen LogP contribution >= 0.6 is 0 Å². The molecule has 1 aromatic carbocycles. The van der Waals surface area contributed by atoms with Crippen molar-refractivity contribution in [3.8, 4) is 0 Å². The molecular weight excluding hydrogens is 390 g/mol. The zero-order valence-corrected chi connectivity index (χ0v) is 16.9. The summed E-state index contributed by atoms with van der Waals surface area (Å²) in [5.74, 6) is -1.21. The van der Waals surface area contributed by atoms with E-state index in [1.807, 2.05) is 4.68 Å². The van der Waals surface area contributed by atoms with Crippen molar-refractivity contribution < 1.29 is 18.3 Å². The van der Waals surface area contributed by atoms with Gasteiger partial charge in [-0.3, -0.25) is 9.48 Å². The topological polar surface area (TPSA) is 59.4 Å². The maximum atomic E-state index is 13.9. The molecular formula is C22H26F2N4O2. The Morgan fingerprint density at radius 3 is 2.87 bits per heavy atom. The first kappa shape index (κ1) is 20.7. The molecule has 2 aliphatic rings. The Balaban J connectivity index is 1.52. The van der Waals surface area contributed by atoms with E-state index in [2.05, 4.69) is 17.0 Å². The second-order valence-corrected chi connectivity index (χ2v) is 7.71. The minimum absolute atomic E-state index is 0.0670. The van der Waals surface area contributed by atoms with Gasteiger partial charge in [-0.05, 0) is 25.3 Å². The van der Waals surface area contributed by atoms with E-state index < -0.39 is 11.6 Å². The van der Waals surface area contributed by atoms with Crippen molar-refractivity contribution in [3.63, 3.8) is 0 Å². The molecule has 0 spiro atoms. The molecule has 2 aromatic rings. The lowest BCUT2D eigenvalue weighted by Gasteiger charge is -2.28. The van der Waals surface area contributed by atoms with Crippen molar-refractivity contribution in [2.24, 2.45) is 0 Å². The first-order valence-corrected chi connectivity index (χ1v) is 10.3. The van der Waals surface area contributed by atoms with Gasteiger partial charge in [0.2, 0.25) is 0 Å². The molecule has 30 heavy (non-hydrogen) atoms. The maximum Gasteiger partial charge on any atom is 0.274 e. The summed E-state index contributed by atoms with van der Waals surface area (Å²) < 4.78 is 34.3. The highest BCUT2D eigenvalue weighted by Crippen LogP contribution is 2.26. The van der Waals surface area contributed by atoms with E-state index in [1.54, 1.807) is 11.0 Å². The lowest BCUT2D eigenvalue weighted by molar-refractivity contribution is 0.0297. The average Bonchev–Trinajstić information content (AvgIpc) is 3.11. The third kappa shape index (κ3) is 4.29. The van der Waals surface area contributed by atoms with Crippen LogP contribution < -0.4 is 5.32 Å². The smallest absolute Gasteiger partial charge is 0.274 e. The Morgan fingerprint density at radius 2 is 2.13 bits per heavy atom. The van der Waals surface area contributed by atoms with Crippen LogP contribution in [-0.2, 0) is 30.7 Å². The number of nitrogens with zero attached hydrogens (tertiary/aromatic N) is 3. The molecule has 0 radical (unpaired) electrons. The summed E-state index contributed by atoms with van der Waals surface area (Å²) in [5.41, 5.74) is 2.94. The number of hydrogen-bond donors (Lipinski definition) is 1. The minimum atomic E-state index is -0.584. The molecule has 1 saturated heterocycles. The Morgan fingerprint density at radius 1 is 1.33 bits per heavy atom. The normalized spacial score (nSPS) is 18.9. The maximum absolute atomic E-state index is 13.9. The molecule has 4 rings (SSSR count). The second kappa shape index (κ2) is 9.06. The van der Waals surface area contributed by atoms with Crippen LogP contribution in [0.2, 0.25) is 0 Å². The Bertz CT molecular complexity index is 937. The van der Waals surface area contributed by atoms with Crippen LogP contribution in [-0.4, -0.2) is 52.9 Å². The Labute approximate surface area is 174 Å². The van der Waals surface area contributed by atoms with E-state index in [9.17, 15) is 13.6 Å². The van der Waals surface area contributed by atoms with E-state index >= 15 is 0 Å². The third-order valence-electron chi connectivity index (χ3n) is 5.75. The minimum Gasteiger partial charge on any atom is -0.378 e. The van der Waals surface area contributed by atoms with Crippen LogP contribution in [0.5, 0.6) is 0 Å². The summed E-state index contributed by atoms with van der Waals surface area (Å²) in [5, 5.41) is 7.98. The number of rotatable bonds is 6. The number of fused-ring (bicyclic) bond motifs is 1. The summed E-state index contributed by atoms with van der Waals surface area (Å²) in [6.07, 6.45) is 4.04. The average molecular weight is 416 g/mol. The fourth-order valence-corrected chi connectivity index (χ4v) is 4.14. The molecule has 160 valence electrons. The van der Waals surface area contributed by atoms with Gasteiger partial charge >= 0.3 is 0 Å². The highest BCUT2D eigenvalue weighted by atomic mass is 19.1. The highest BCUT2D eigenvalue weighted by molar-refractivity contribution is 5.94. The van der Waals surface area contributed by atoms with E-state index in [0.29, 0.717) is 57.1 Å². The summed E-state index contributed by atoms with van der Waals surface area (Å²) in [6.45, 7) is 6.85. The highest BCUT2D eigenvalue weighted by Gasteiger charge is 2.31. The van der Waals surface area contributed by atoms with Crippen LogP contribution in [0.15, 0.2) is 30.9 Å². The van der Waals surface area contributed by atoms with Gasteiger partial charge in [0.1, 0.15) is 11.6 Å². The van der Waals surface area contributed by atoms with Crippen LogP contribution in [0.4, 0.5) is 8.78 Å². The predicted molar refractivity (Wildman–Crippen MR) is 108 cm³/mol. The van der Waals surface area contributed by atoms with Gasteiger partial charge in [-0.2, -0.15) is 5.10 Å². The number of morpholine rings is 1. The monoisotopic (exact) mass is 416 g/mol. The van der Waals surface area contributed by atoms with Gasteiger partial charge in [0, 0.05) is 48.6 Å². The number of amides is 1. The van der Waals surface area contributed by atoms with Crippen molar-refractivity contribution >= 4 is 5.91 Å². The fraction of sp³-hybridized carbons (Fsp3) is 0.455. The zero-order valence-electron chi connectivity index (χ0n) is 16.9. The molecule has 8 heteroatoms. The van der Waals surface area contributed by atoms with Gasteiger partial charge in [-0.15, -0.1) is 6.58 Å². The Hall–Kier alpha value is -2.58. The second-order valence-electron chi connectivity index (χ2n) is 7.71. The molecule has 1 N–H and O–H groups in total. The third-order valence-corrected chi connectivity index (χ3v) is 5.75. The van der Waals surface area contributed by atoms with Gasteiger partial charge in [0.05, 0.1) is 19.8 Å². The molecule has 0 saturated carbocycles. The molecule has 1 aliphatic carbocycles. The number of carbonyl (C=O) groups excluding carboxylic acids is 1. The van der Waals surface area contributed by atoms with Gasteiger partial charge in [-0.1, -0.05) is 12.1 Å². The molecule has 1 fully saturated rings. The first-order chi connectivity index (χ1) is 14.6. The van der Waals surface area contributed by atoms with Gasteiger partial charge in [0.25, 0.3) is 5.91 Å². The number of nitrogens with one attached hydrogen (secondary N) is 1. The van der Waals surface area contributed by atoms with Crippen LogP contribution in [0.25, 0.3) is 0 Å². The van der Waals surface area contributed by atoms with Gasteiger partial charge in [-0.25, -0.2) is 8.78 Å². The Kier molecular flexibility index (Phi) is 6.24. The lowest BCUT2D eigenvalue weighted by atomic mass is 9.90. The van der Waals surface area contributed by atoms with E-state index in [1.165, 1.54) is 12.1 Å². The molecule has 0 bridgehead atoms. The van der Waals surface area contributed by atoms with Gasteiger partial charge < -0.3 is 15.0 Å². The first-order valence-electron chi connectivity index (χ1n) is 10.3. The van der Waals surface area contributed by atoms with Crippen molar-refractivity contribution in [1.82, 2.24) is 20.0 Å². The van der Waals surface area contributed by atoms with Crippen LogP contribution in [0.3, 0.4) is 0 Å². The van der Waals surface area contributed by atoms with Crippen molar-refractivity contribution in [2.75, 3.05) is 26.3 Å². The van der Waals surface area contributed by atoms with Crippen molar-refractivity contribution in [2.45, 2.75) is 38.4 Å². The molecule has 1 unspecified atom stereocenters. The SMILES string of the molecule is C=CCn1nc(C(=O)N2CCOCC2)c2c1CCC(NCc1ccc(F)cc1F)C2. The number of aromatic nitrogens is 2. The van der Waals surface area contributed by atoms with Crippen LogP contribution in [0, 0.1) is 11.6 Å². The number of hydrogen-bond acceptors (Lipinski definition) is 4. The summed E-state index contributed by atoms with van der Waals surface area (Å²) >= 11 is 0. The zero-order chi connectivity index (χ0) is 21.1. The predicted octanol–water partition coefficient (Wildman–Crippen LogP) is 2.47. The number of halogens is 2. The fourth-order valence-electron chi connectivity index (χ4n) is 4.14. The molecule has 2 heterocycles. The number of ether oxygens (including phenoxy) is 1. The standard InChI is InChI=1S/C22H26F2N4O2/c1-2-7-28-20-6-5-17(25-14-15-3-4-16(23)12-19(15)24)13-18(20)21(26-28)22(29)27-8-10-30-11-9-27/h2-4,12,17,25H,1,5-11,13-14H2. The number of allylic oxidation sites excluding steroid dienone is 1. The molecule has 1 aromatic heterocycles. The quantitative estimate of drug-likeness (QED) is 0.735. The number of carbonyl (C=O) groups is 1. The van der Waals surface area contributed by atoms with E-state index in [4.69, 9.17) is 4.74 Å². The molecule has 1 atom stereocenters. The van der Waals surface area contributed by atoms with Crippen molar-refractivity contribution in [1.29, 1.82) is 0 Å².